The van der Waals surface area contributed by atoms with Crippen molar-refractivity contribution in [1.29, 1.82) is 0 Å². The molecule has 0 radical (unpaired) electrons. The van der Waals surface area contributed by atoms with Crippen LogP contribution >= 0.6 is 0 Å². The Morgan fingerprint density at radius 1 is 1.14 bits per heavy atom. The molecule has 1 aliphatic carbocycles. The predicted molar refractivity (Wildman–Crippen MR) is 103 cm³/mol. The van der Waals surface area contributed by atoms with E-state index in [1.165, 1.54) is 12.1 Å². The second-order valence-corrected chi connectivity index (χ2v) is 7.09. The monoisotopic (exact) mass is 392 g/mol. The molecule has 1 unspecified atom stereocenters. The number of rotatable bonds is 5. The third kappa shape index (κ3) is 3.58. The summed E-state index contributed by atoms with van der Waals surface area (Å²) in [6.45, 7) is 0. The van der Waals surface area contributed by atoms with E-state index in [0.717, 1.165) is 18.4 Å². The summed E-state index contributed by atoms with van der Waals surface area (Å²) >= 11 is 0. The van der Waals surface area contributed by atoms with Crippen molar-refractivity contribution in [2.75, 3.05) is 5.32 Å². The number of hydrogen-bond acceptors (Lipinski definition) is 6. The minimum Gasteiger partial charge on any atom is -0.382 e. The van der Waals surface area contributed by atoms with E-state index in [1.54, 1.807) is 18.2 Å². The quantitative estimate of drug-likeness (QED) is 0.720. The highest BCUT2D eigenvalue weighted by Crippen LogP contribution is 2.36. The molecule has 1 aliphatic heterocycles. The van der Waals surface area contributed by atoms with Crippen LogP contribution in [-0.4, -0.2) is 37.9 Å². The van der Waals surface area contributed by atoms with Gasteiger partial charge in [-0.05, 0) is 47.5 Å². The van der Waals surface area contributed by atoms with Crippen molar-refractivity contribution in [2.45, 2.75) is 31.4 Å². The van der Waals surface area contributed by atoms with Gasteiger partial charge in [0.25, 0.3) is 5.91 Å². The van der Waals surface area contributed by atoms with E-state index in [9.17, 15) is 9.18 Å². The van der Waals surface area contributed by atoms with Crippen LogP contribution in [0.3, 0.4) is 0 Å². The van der Waals surface area contributed by atoms with Gasteiger partial charge in [-0.15, -0.1) is 5.10 Å². The van der Waals surface area contributed by atoms with Gasteiger partial charge in [-0.1, -0.05) is 29.4 Å². The van der Waals surface area contributed by atoms with Crippen LogP contribution in [0, 0.1) is 5.82 Å². The number of amides is 1. The molecular formula is C20H17FN6O2. The molecule has 8 nitrogen and oxygen atoms in total. The largest absolute Gasteiger partial charge is 0.382 e. The van der Waals surface area contributed by atoms with Crippen LogP contribution in [-0.2, 0) is 9.63 Å². The Bertz CT molecular complexity index is 1110. The minimum atomic E-state index is -0.770. The molecular weight excluding hydrogens is 375 g/mol. The number of nitrogens with one attached hydrogen (secondary N) is 1. The third-order valence-corrected chi connectivity index (χ3v) is 4.89. The Labute approximate surface area is 165 Å². The Kier molecular flexibility index (Phi) is 4.27. The van der Waals surface area contributed by atoms with Gasteiger partial charge in [0, 0.05) is 23.2 Å². The molecule has 1 fully saturated rings. The minimum absolute atomic E-state index is 0.273. The topological polar surface area (TPSA) is 94.3 Å². The van der Waals surface area contributed by atoms with E-state index in [2.05, 4.69) is 26.0 Å². The van der Waals surface area contributed by atoms with Crippen LogP contribution in [0.5, 0.6) is 0 Å². The first-order chi connectivity index (χ1) is 14.2. The summed E-state index contributed by atoms with van der Waals surface area (Å²) in [5, 5.41) is 18.7. The summed E-state index contributed by atoms with van der Waals surface area (Å²) in [6.07, 6.45) is 1.64. The van der Waals surface area contributed by atoms with Gasteiger partial charge < -0.3 is 10.2 Å². The zero-order valence-electron chi connectivity index (χ0n) is 15.3. The second-order valence-electron chi connectivity index (χ2n) is 7.09. The van der Waals surface area contributed by atoms with Crippen molar-refractivity contribution in [3.63, 3.8) is 0 Å². The number of anilines is 1. The average molecular weight is 392 g/mol. The molecule has 1 saturated carbocycles. The molecule has 2 heterocycles. The first-order valence-electron chi connectivity index (χ1n) is 9.35. The maximum atomic E-state index is 13.4. The van der Waals surface area contributed by atoms with Crippen LogP contribution in [0.25, 0.3) is 11.4 Å². The highest BCUT2D eigenvalue weighted by atomic mass is 19.1. The number of hydrogen-bond donors (Lipinski definition) is 1. The van der Waals surface area contributed by atoms with Crippen LogP contribution < -0.4 is 5.32 Å². The SMILES string of the molecule is O=C(Nc1cccc(-c2nnnn2C2CC2)c1)C1CC(c2cccc(F)c2)=NO1. The Morgan fingerprint density at radius 2 is 1.97 bits per heavy atom. The van der Waals surface area contributed by atoms with Gasteiger partial charge in [-0.2, -0.15) is 0 Å². The molecule has 29 heavy (non-hydrogen) atoms. The number of halogens is 1. The lowest BCUT2D eigenvalue weighted by atomic mass is 10.0. The molecule has 3 aromatic rings. The molecule has 1 aromatic heterocycles. The van der Waals surface area contributed by atoms with Gasteiger partial charge in [-0.3, -0.25) is 4.79 Å². The summed E-state index contributed by atoms with van der Waals surface area (Å²) in [4.78, 5) is 17.9. The number of oxime groups is 1. The Hall–Kier alpha value is -3.62. The zero-order chi connectivity index (χ0) is 19.8. The van der Waals surface area contributed by atoms with Gasteiger partial charge in [-0.25, -0.2) is 9.07 Å². The number of nitrogens with zero attached hydrogens (tertiary/aromatic N) is 5. The Morgan fingerprint density at radius 3 is 2.79 bits per heavy atom. The molecule has 146 valence electrons. The molecule has 2 aliphatic rings. The fourth-order valence-electron chi connectivity index (χ4n) is 3.26. The van der Waals surface area contributed by atoms with Crippen LogP contribution in [0.15, 0.2) is 53.7 Å². The Balaban J connectivity index is 1.28. The van der Waals surface area contributed by atoms with E-state index in [1.807, 2.05) is 22.9 Å². The lowest BCUT2D eigenvalue weighted by Gasteiger charge is -2.10. The van der Waals surface area contributed by atoms with Crippen LogP contribution in [0.2, 0.25) is 0 Å². The molecule has 9 heteroatoms. The van der Waals surface area contributed by atoms with E-state index in [0.29, 0.717) is 28.8 Å². The van der Waals surface area contributed by atoms with Crippen molar-refractivity contribution < 1.29 is 14.0 Å². The van der Waals surface area contributed by atoms with E-state index in [-0.39, 0.29) is 18.1 Å². The number of benzene rings is 2. The zero-order valence-corrected chi connectivity index (χ0v) is 15.3. The molecule has 1 amide bonds. The summed E-state index contributed by atoms with van der Waals surface area (Å²) in [7, 11) is 0. The fraction of sp³-hybridized carbons (Fsp3) is 0.250. The molecule has 0 saturated heterocycles. The summed E-state index contributed by atoms with van der Waals surface area (Å²) < 4.78 is 15.2. The van der Waals surface area contributed by atoms with E-state index < -0.39 is 6.10 Å². The molecule has 0 spiro atoms. The van der Waals surface area contributed by atoms with Crippen molar-refractivity contribution in [3.05, 3.63) is 59.9 Å². The summed E-state index contributed by atoms with van der Waals surface area (Å²) in [6, 6.07) is 13.8. The number of carbonyl (C=O) groups excluding carboxylic acids is 1. The first-order valence-corrected chi connectivity index (χ1v) is 9.35. The van der Waals surface area contributed by atoms with Crippen molar-refractivity contribution in [2.24, 2.45) is 5.16 Å². The first kappa shape index (κ1) is 17.5. The third-order valence-electron chi connectivity index (χ3n) is 4.89. The van der Waals surface area contributed by atoms with Gasteiger partial charge in [0.05, 0.1) is 11.8 Å². The fourth-order valence-corrected chi connectivity index (χ4v) is 3.26. The lowest BCUT2D eigenvalue weighted by Crippen LogP contribution is -2.28. The molecule has 0 bridgehead atoms. The second kappa shape index (κ2) is 7.08. The van der Waals surface area contributed by atoms with E-state index >= 15 is 0 Å². The van der Waals surface area contributed by atoms with E-state index in [4.69, 9.17) is 4.84 Å². The smallest absolute Gasteiger partial charge is 0.268 e. The van der Waals surface area contributed by atoms with Crippen LogP contribution in [0.4, 0.5) is 10.1 Å². The van der Waals surface area contributed by atoms with Gasteiger partial charge in [0.15, 0.2) is 5.82 Å². The maximum absolute atomic E-state index is 13.4. The molecule has 5 rings (SSSR count). The standard InChI is InChI=1S/C20H17FN6O2/c21-14-5-1-3-12(9-14)17-11-18(29-24-17)20(28)22-15-6-2-4-13(10-15)19-23-25-26-27(19)16-7-8-16/h1-6,9-10,16,18H,7-8,11H2,(H,22,28). The van der Waals surface area contributed by atoms with Crippen molar-refractivity contribution in [1.82, 2.24) is 20.2 Å². The van der Waals surface area contributed by atoms with Gasteiger partial charge in [0.2, 0.25) is 6.10 Å². The highest BCUT2D eigenvalue weighted by molar-refractivity contribution is 6.06. The van der Waals surface area contributed by atoms with Crippen LogP contribution in [0.1, 0.15) is 30.9 Å². The molecule has 1 N–H and O–H groups in total. The highest BCUT2D eigenvalue weighted by Gasteiger charge is 2.30. The number of aromatic nitrogens is 4. The lowest BCUT2D eigenvalue weighted by molar-refractivity contribution is -0.125. The summed E-state index contributed by atoms with van der Waals surface area (Å²) in [5.41, 5.74) is 2.58. The van der Waals surface area contributed by atoms with Gasteiger partial charge >= 0.3 is 0 Å². The number of carbonyl (C=O) groups is 1. The molecule has 2 aromatic carbocycles. The maximum Gasteiger partial charge on any atom is 0.268 e. The van der Waals surface area contributed by atoms with Crippen molar-refractivity contribution >= 4 is 17.3 Å². The number of tetrazole rings is 1. The normalized spacial score (nSPS) is 18.2. The average Bonchev–Trinajstić information content (AvgIpc) is 3.25. The molecule has 1 atom stereocenters. The summed E-state index contributed by atoms with van der Waals surface area (Å²) in [5.74, 6) is -0.0000174. The van der Waals surface area contributed by atoms with Gasteiger partial charge in [0.1, 0.15) is 5.82 Å². The van der Waals surface area contributed by atoms with Crippen molar-refractivity contribution in [3.8, 4) is 11.4 Å². The predicted octanol–water partition coefficient (Wildman–Crippen LogP) is 2.95.